The van der Waals surface area contributed by atoms with Gasteiger partial charge >= 0.3 is 0 Å². The smallest absolute Gasteiger partial charge is 0.174 e. The number of nitrogens with two attached hydrogens (primary N) is 1. The Labute approximate surface area is 110 Å². The summed E-state index contributed by atoms with van der Waals surface area (Å²) in [4.78, 5) is 5.54. The van der Waals surface area contributed by atoms with Crippen molar-refractivity contribution < 1.29 is 0 Å². The van der Waals surface area contributed by atoms with Crippen molar-refractivity contribution in [2.45, 2.75) is 35.5 Å². The van der Waals surface area contributed by atoms with Gasteiger partial charge in [-0.25, -0.2) is 4.98 Å². The average Bonchev–Trinajstić information content (AvgIpc) is 2.74. The van der Waals surface area contributed by atoms with Crippen molar-refractivity contribution in [1.29, 1.82) is 0 Å². The van der Waals surface area contributed by atoms with Crippen LogP contribution < -0.4 is 5.73 Å². The van der Waals surface area contributed by atoms with Gasteiger partial charge in [-0.05, 0) is 36.5 Å². The lowest BCUT2D eigenvalue weighted by atomic mass is 10.1. The summed E-state index contributed by atoms with van der Waals surface area (Å²) in [5.74, 6) is 0.828. The monoisotopic (exact) mass is 265 g/mol. The molecule has 0 amide bonds. The van der Waals surface area contributed by atoms with Gasteiger partial charge in [-0.2, -0.15) is 4.37 Å². The molecule has 90 valence electrons. The van der Waals surface area contributed by atoms with Crippen molar-refractivity contribution in [2.24, 2.45) is 5.73 Å². The second-order valence-corrected chi connectivity index (χ2v) is 5.80. The molecule has 17 heavy (non-hydrogen) atoms. The standard InChI is InChI=1S/C12H15N3S2/c1-3-10(13)9-6-4-5-7-11(9)16-12-14-8(2)15-17-12/h4-7,10H,3,13H2,1-2H3/t10-/m0/s1. The maximum Gasteiger partial charge on any atom is 0.174 e. The van der Waals surface area contributed by atoms with Gasteiger partial charge in [0.1, 0.15) is 5.82 Å². The van der Waals surface area contributed by atoms with Gasteiger partial charge in [-0.1, -0.05) is 36.9 Å². The largest absolute Gasteiger partial charge is 0.324 e. The first-order valence-corrected chi connectivity index (χ1v) is 7.12. The minimum absolute atomic E-state index is 0.0905. The summed E-state index contributed by atoms with van der Waals surface area (Å²) in [5, 5.41) is 0. The first kappa shape index (κ1) is 12.5. The second kappa shape index (κ2) is 5.62. The van der Waals surface area contributed by atoms with Crippen LogP contribution in [0.3, 0.4) is 0 Å². The minimum Gasteiger partial charge on any atom is -0.324 e. The molecule has 0 unspecified atom stereocenters. The Morgan fingerprint density at radius 1 is 1.41 bits per heavy atom. The molecular weight excluding hydrogens is 250 g/mol. The van der Waals surface area contributed by atoms with Crippen molar-refractivity contribution in [2.75, 3.05) is 0 Å². The molecule has 1 aromatic heterocycles. The first-order chi connectivity index (χ1) is 8.20. The fourth-order valence-corrected chi connectivity index (χ4v) is 3.32. The molecule has 0 aliphatic heterocycles. The summed E-state index contributed by atoms with van der Waals surface area (Å²) < 4.78 is 5.16. The van der Waals surface area contributed by atoms with E-state index in [1.807, 2.05) is 19.1 Å². The van der Waals surface area contributed by atoms with E-state index in [1.165, 1.54) is 22.0 Å². The van der Waals surface area contributed by atoms with E-state index in [2.05, 4.69) is 28.4 Å². The van der Waals surface area contributed by atoms with E-state index in [4.69, 9.17) is 5.73 Å². The van der Waals surface area contributed by atoms with Gasteiger partial charge in [0, 0.05) is 10.9 Å². The quantitative estimate of drug-likeness (QED) is 0.920. The van der Waals surface area contributed by atoms with Gasteiger partial charge in [-0.15, -0.1) is 0 Å². The van der Waals surface area contributed by atoms with Gasteiger partial charge in [0.2, 0.25) is 0 Å². The van der Waals surface area contributed by atoms with Crippen molar-refractivity contribution >= 4 is 23.3 Å². The predicted octanol–water partition coefficient (Wildman–Crippen LogP) is 3.41. The van der Waals surface area contributed by atoms with E-state index < -0.39 is 0 Å². The van der Waals surface area contributed by atoms with Gasteiger partial charge in [0.15, 0.2) is 4.34 Å². The zero-order chi connectivity index (χ0) is 12.3. The molecule has 5 heteroatoms. The Kier molecular flexibility index (Phi) is 4.15. The molecule has 0 saturated heterocycles. The van der Waals surface area contributed by atoms with Crippen molar-refractivity contribution in [1.82, 2.24) is 9.36 Å². The maximum atomic E-state index is 6.11. The highest BCUT2D eigenvalue weighted by atomic mass is 32.2. The molecule has 3 nitrogen and oxygen atoms in total. The number of hydrogen-bond donors (Lipinski definition) is 1. The van der Waals surface area contributed by atoms with Crippen LogP contribution in [0.1, 0.15) is 30.8 Å². The third-order valence-corrected chi connectivity index (χ3v) is 4.40. The third kappa shape index (κ3) is 3.06. The van der Waals surface area contributed by atoms with Gasteiger partial charge in [0.05, 0.1) is 0 Å². The lowest BCUT2D eigenvalue weighted by Gasteiger charge is -2.13. The van der Waals surface area contributed by atoms with Crippen molar-refractivity contribution in [3.05, 3.63) is 35.7 Å². The van der Waals surface area contributed by atoms with Crippen LogP contribution in [0, 0.1) is 6.92 Å². The highest BCUT2D eigenvalue weighted by Crippen LogP contribution is 2.34. The number of aromatic nitrogens is 2. The normalized spacial score (nSPS) is 12.6. The molecule has 0 bridgehead atoms. The Morgan fingerprint density at radius 2 is 2.18 bits per heavy atom. The molecule has 1 heterocycles. The Bertz CT molecular complexity index is 496. The molecule has 0 spiro atoms. The molecular formula is C12H15N3S2. The van der Waals surface area contributed by atoms with Crippen LogP contribution in [-0.2, 0) is 0 Å². The predicted molar refractivity (Wildman–Crippen MR) is 72.4 cm³/mol. The molecule has 1 aromatic carbocycles. The molecule has 1 atom stereocenters. The topological polar surface area (TPSA) is 51.8 Å². The zero-order valence-electron chi connectivity index (χ0n) is 9.88. The van der Waals surface area contributed by atoms with Crippen LogP contribution in [-0.4, -0.2) is 9.36 Å². The van der Waals surface area contributed by atoms with Crippen LogP contribution in [0.4, 0.5) is 0 Å². The Hall–Kier alpha value is -0.910. The highest BCUT2D eigenvalue weighted by molar-refractivity contribution is 8.01. The van der Waals surface area contributed by atoms with E-state index in [0.29, 0.717) is 0 Å². The first-order valence-electron chi connectivity index (χ1n) is 5.53. The van der Waals surface area contributed by atoms with Crippen LogP contribution in [0.15, 0.2) is 33.5 Å². The summed E-state index contributed by atoms with van der Waals surface area (Å²) >= 11 is 3.08. The summed E-state index contributed by atoms with van der Waals surface area (Å²) in [6, 6.07) is 8.33. The van der Waals surface area contributed by atoms with Crippen LogP contribution in [0.25, 0.3) is 0 Å². The lowest BCUT2D eigenvalue weighted by Crippen LogP contribution is -2.09. The number of nitrogens with zero attached hydrogens (tertiary/aromatic N) is 2. The minimum atomic E-state index is 0.0905. The maximum absolute atomic E-state index is 6.11. The zero-order valence-corrected chi connectivity index (χ0v) is 11.5. The van der Waals surface area contributed by atoms with Crippen LogP contribution in [0.5, 0.6) is 0 Å². The molecule has 0 aliphatic carbocycles. The fraction of sp³-hybridized carbons (Fsp3) is 0.333. The van der Waals surface area contributed by atoms with Crippen molar-refractivity contribution in [3.63, 3.8) is 0 Å². The van der Waals surface area contributed by atoms with E-state index in [-0.39, 0.29) is 6.04 Å². The molecule has 0 aliphatic rings. The van der Waals surface area contributed by atoms with Gasteiger partial charge < -0.3 is 5.73 Å². The fourth-order valence-electron chi connectivity index (χ4n) is 1.51. The van der Waals surface area contributed by atoms with Crippen molar-refractivity contribution in [3.8, 4) is 0 Å². The Balaban J connectivity index is 2.26. The van der Waals surface area contributed by atoms with E-state index in [0.717, 1.165) is 16.6 Å². The SMILES string of the molecule is CC[C@H](N)c1ccccc1Sc1nc(C)ns1. The molecule has 2 N–H and O–H groups in total. The van der Waals surface area contributed by atoms with Crippen LogP contribution >= 0.6 is 23.3 Å². The summed E-state index contributed by atoms with van der Waals surface area (Å²) in [6.07, 6.45) is 0.937. The average molecular weight is 265 g/mol. The molecule has 0 fully saturated rings. The Morgan fingerprint density at radius 3 is 2.82 bits per heavy atom. The van der Waals surface area contributed by atoms with E-state index in [1.54, 1.807) is 11.8 Å². The molecule has 2 aromatic rings. The summed E-state index contributed by atoms with van der Waals surface area (Å²) in [5.41, 5.74) is 7.30. The third-order valence-electron chi connectivity index (χ3n) is 2.46. The number of aryl methyl sites for hydroxylation is 1. The summed E-state index contributed by atoms with van der Waals surface area (Å²) in [6.45, 7) is 4.01. The highest BCUT2D eigenvalue weighted by Gasteiger charge is 2.11. The number of rotatable bonds is 4. The van der Waals surface area contributed by atoms with E-state index >= 15 is 0 Å². The lowest BCUT2D eigenvalue weighted by molar-refractivity contribution is 0.685. The number of hydrogen-bond acceptors (Lipinski definition) is 5. The second-order valence-electron chi connectivity index (χ2n) is 3.76. The van der Waals surface area contributed by atoms with E-state index in [9.17, 15) is 0 Å². The number of benzene rings is 1. The van der Waals surface area contributed by atoms with Gasteiger partial charge in [0.25, 0.3) is 0 Å². The molecule has 0 saturated carbocycles. The summed E-state index contributed by atoms with van der Waals surface area (Å²) in [7, 11) is 0. The molecule has 0 radical (unpaired) electrons. The van der Waals surface area contributed by atoms with Crippen LogP contribution in [0.2, 0.25) is 0 Å². The van der Waals surface area contributed by atoms with Gasteiger partial charge in [-0.3, -0.25) is 0 Å². The molecule has 2 rings (SSSR count).